The number of aromatic nitrogens is 2. The molecule has 0 spiro atoms. The molecule has 8 aromatic carbocycles. The topological polar surface area (TPSA) is 42.9 Å². The first-order valence-electron chi connectivity index (χ1n) is 18.2. The molecule has 54 heavy (non-hydrogen) atoms. The van der Waals surface area contributed by atoms with Crippen LogP contribution in [0.4, 0.5) is 0 Å². The van der Waals surface area contributed by atoms with Gasteiger partial charge in [0.25, 0.3) is 0 Å². The van der Waals surface area contributed by atoms with Crippen molar-refractivity contribution >= 4 is 66.4 Å². The second kappa shape index (κ2) is 13.1. The van der Waals surface area contributed by atoms with Crippen LogP contribution < -0.4 is 15.9 Å². The minimum Gasteiger partial charge on any atom is -0.309 e. The Balaban J connectivity index is 1.09. The molecule has 0 amide bonds. The maximum atomic E-state index is 15.0. The lowest BCUT2D eigenvalue weighted by molar-refractivity contribution is 0.592. The third-order valence-corrected chi connectivity index (χ3v) is 13.6. The van der Waals surface area contributed by atoms with Crippen molar-refractivity contribution in [3.05, 3.63) is 200 Å². The molecule has 0 aliphatic heterocycles. The molecule has 2 aromatic heterocycles. The van der Waals surface area contributed by atoms with Crippen molar-refractivity contribution in [3.8, 4) is 33.6 Å². The van der Waals surface area contributed by atoms with Gasteiger partial charge in [-0.2, -0.15) is 0 Å². The van der Waals surface area contributed by atoms with Gasteiger partial charge in [-0.25, -0.2) is 9.97 Å². The molecule has 0 radical (unpaired) electrons. The summed E-state index contributed by atoms with van der Waals surface area (Å²) in [4.78, 5) is 10.5. The number of nitrogens with zero attached hydrogens (tertiary/aromatic N) is 2. The zero-order valence-corrected chi connectivity index (χ0v) is 30.2. The van der Waals surface area contributed by atoms with Crippen LogP contribution in [0.2, 0.25) is 0 Å². The lowest BCUT2D eigenvalue weighted by Gasteiger charge is -2.20. The average molecular weight is 709 g/mol. The molecule has 3 nitrogen and oxygen atoms in total. The first kappa shape index (κ1) is 32.0. The molecule has 0 aliphatic carbocycles. The van der Waals surface area contributed by atoms with Gasteiger partial charge in [-0.3, -0.25) is 0 Å². The van der Waals surface area contributed by atoms with Crippen molar-refractivity contribution in [2.45, 2.75) is 0 Å². The van der Waals surface area contributed by atoms with Crippen molar-refractivity contribution in [3.63, 3.8) is 0 Å². The van der Waals surface area contributed by atoms with Gasteiger partial charge in [0, 0.05) is 43.2 Å². The minimum absolute atomic E-state index is 0.828. The summed E-state index contributed by atoms with van der Waals surface area (Å²) in [6.07, 6.45) is 0. The molecule has 0 fully saturated rings. The molecule has 10 aromatic rings. The van der Waals surface area contributed by atoms with E-state index >= 15 is 4.57 Å². The zero-order valence-electron chi connectivity index (χ0n) is 29.3. The van der Waals surface area contributed by atoms with Crippen LogP contribution in [0.3, 0.4) is 0 Å². The summed E-state index contributed by atoms with van der Waals surface area (Å²) in [6.45, 7) is 0. The number of pyridine rings is 2. The molecule has 0 saturated carbocycles. The molecule has 0 unspecified atom stereocenters. The highest BCUT2D eigenvalue weighted by Crippen LogP contribution is 2.43. The highest BCUT2D eigenvalue weighted by Gasteiger charge is 2.29. The van der Waals surface area contributed by atoms with Crippen LogP contribution in [0.15, 0.2) is 200 Å². The van der Waals surface area contributed by atoms with Crippen LogP contribution in [0, 0.1) is 0 Å². The summed E-state index contributed by atoms with van der Waals surface area (Å²) in [7, 11) is -3.07. The number of hydrogen-bond acceptors (Lipinski definition) is 3. The normalized spacial score (nSPS) is 11.8. The second-order valence-corrected chi connectivity index (χ2v) is 16.5. The van der Waals surface area contributed by atoms with E-state index in [2.05, 4.69) is 109 Å². The zero-order chi connectivity index (χ0) is 36.1. The predicted molar refractivity (Wildman–Crippen MR) is 228 cm³/mol. The van der Waals surface area contributed by atoms with Crippen molar-refractivity contribution in [1.29, 1.82) is 0 Å². The Hall–Kier alpha value is -6.67. The van der Waals surface area contributed by atoms with Crippen molar-refractivity contribution in [2.75, 3.05) is 0 Å². The molecule has 4 heteroatoms. The summed E-state index contributed by atoms with van der Waals surface area (Å²) < 4.78 is 15.0. The Labute approximate surface area is 313 Å². The number of rotatable bonds is 6. The molecule has 0 N–H and O–H groups in total. The number of hydrogen-bond donors (Lipinski definition) is 0. The van der Waals surface area contributed by atoms with E-state index in [4.69, 9.17) is 9.97 Å². The van der Waals surface area contributed by atoms with Gasteiger partial charge in [0.1, 0.15) is 0 Å². The van der Waals surface area contributed by atoms with Crippen LogP contribution in [0.25, 0.3) is 77.0 Å². The van der Waals surface area contributed by atoms with E-state index in [1.807, 2.05) is 91.0 Å². The van der Waals surface area contributed by atoms with Gasteiger partial charge in [0.15, 0.2) is 7.14 Å². The molecular formula is C50H33N2OP. The fraction of sp³-hybridized carbons (Fsp3) is 0. The Kier molecular flexibility index (Phi) is 7.75. The predicted octanol–water partition coefficient (Wildman–Crippen LogP) is 11.7. The number of benzene rings is 8. The molecule has 0 bridgehead atoms. The van der Waals surface area contributed by atoms with Crippen LogP contribution in [0.1, 0.15) is 0 Å². The Morgan fingerprint density at radius 3 is 1.61 bits per heavy atom. The quantitative estimate of drug-likeness (QED) is 0.128. The van der Waals surface area contributed by atoms with Gasteiger partial charge in [-0.05, 0) is 63.7 Å². The van der Waals surface area contributed by atoms with E-state index in [1.165, 1.54) is 0 Å². The smallest absolute Gasteiger partial charge is 0.171 e. The fourth-order valence-electron chi connectivity index (χ4n) is 7.80. The summed E-state index contributed by atoms with van der Waals surface area (Å²) in [6, 6.07) is 68.5. The lowest BCUT2D eigenvalue weighted by Crippen LogP contribution is -2.24. The van der Waals surface area contributed by atoms with Gasteiger partial charge in [0.2, 0.25) is 0 Å². The monoisotopic (exact) mass is 708 g/mol. The minimum atomic E-state index is -3.07. The van der Waals surface area contributed by atoms with Gasteiger partial charge in [-0.15, -0.1) is 0 Å². The maximum absolute atomic E-state index is 15.0. The molecule has 10 rings (SSSR count). The standard InChI is InChI=1S/C50H33N2OP/c53-54(40-17-9-3-10-18-40,41-19-11-4-12-20-41)42-25-23-37-31-36(21-22-38(37)32-42)39-24-26-43-44-27-30-47-45(28-29-46(51-47)34-13-5-1-6-14-34)49(44)50(52-48(43)33-39)35-15-7-2-8-16-35/h1-33H. The fourth-order valence-corrected chi connectivity index (χ4v) is 10.5. The van der Waals surface area contributed by atoms with E-state index in [1.54, 1.807) is 0 Å². The lowest BCUT2D eigenvalue weighted by atomic mass is 9.94. The van der Waals surface area contributed by atoms with Crippen LogP contribution >= 0.6 is 7.14 Å². The molecule has 0 saturated heterocycles. The molecule has 254 valence electrons. The van der Waals surface area contributed by atoms with Gasteiger partial charge in [0.05, 0.1) is 22.4 Å². The summed E-state index contributed by atoms with van der Waals surface area (Å²) in [5.74, 6) is 0. The SMILES string of the molecule is O=P(c1ccccc1)(c1ccccc1)c1ccc2cc(-c3ccc4c(c3)nc(-c3ccccc3)c3c5ccc(-c6ccccc6)nc5ccc43)ccc2c1. The summed E-state index contributed by atoms with van der Waals surface area (Å²) >= 11 is 0. The summed E-state index contributed by atoms with van der Waals surface area (Å²) in [5.41, 5.74) is 8.15. The van der Waals surface area contributed by atoms with Crippen LogP contribution in [-0.4, -0.2) is 9.97 Å². The van der Waals surface area contributed by atoms with Crippen LogP contribution in [0.5, 0.6) is 0 Å². The first-order chi connectivity index (χ1) is 26.6. The average Bonchev–Trinajstić information content (AvgIpc) is 3.26. The van der Waals surface area contributed by atoms with E-state index in [9.17, 15) is 0 Å². The first-order valence-corrected chi connectivity index (χ1v) is 19.9. The van der Waals surface area contributed by atoms with Crippen LogP contribution in [-0.2, 0) is 4.57 Å². The third-order valence-electron chi connectivity index (χ3n) is 10.5. The highest BCUT2D eigenvalue weighted by molar-refractivity contribution is 7.85. The van der Waals surface area contributed by atoms with E-state index < -0.39 is 7.14 Å². The Morgan fingerprint density at radius 2 is 0.907 bits per heavy atom. The molecule has 0 aliphatic rings. The number of fused-ring (bicyclic) bond motifs is 6. The third kappa shape index (κ3) is 5.41. The Bertz CT molecular complexity index is 3010. The van der Waals surface area contributed by atoms with E-state index in [0.29, 0.717) is 0 Å². The van der Waals surface area contributed by atoms with Gasteiger partial charge >= 0.3 is 0 Å². The van der Waals surface area contributed by atoms with Gasteiger partial charge < -0.3 is 4.57 Å². The maximum Gasteiger partial charge on any atom is 0.171 e. The van der Waals surface area contributed by atoms with E-state index in [0.717, 1.165) is 92.9 Å². The van der Waals surface area contributed by atoms with E-state index in [-0.39, 0.29) is 0 Å². The molecule has 2 heterocycles. The largest absolute Gasteiger partial charge is 0.309 e. The molecular weight excluding hydrogens is 676 g/mol. The van der Waals surface area contributed by atoms with Crippen molar-refractivity contribution in [2.24, 2.45) is 0 Å². The Morgan fingerprint density at radius 1 is 0.352 bits per heavy atom. The van der Waals surface area contributed by atoms with Gasteiger partial charge in [-0.1, -0.05) is 164 Å². The molecule has 0 atom stereocenters. The summed E-state index contributed by atoms with van der Waals surface area (Å²) in [5, 5.41) is 9.08. The second-order valence-electron chi connectivity index (χ2n) is 13.7. The highest BCUT2D eigenvalue weighted by atomic mass is 31.2. The van der Waals surface area contributed by atoms with Crippen molar-refractivity contribution < 1.29 is 4.57 Å². The van der Waals surface area contributed by atoms with Crippen molar-refractivity contribution in [1.82, 2.24) is 9.97 Å².